The third kappa shape index (κ3) is 2.67. The molecule has 0 radical (unpaired) electrons. The molecule has 4 nitrogen and oxygen atoms in total. The predicted octanol–water partition coefficient (Wildman–Crippen LogP) is 5.83. The number of fused-ring (bicyclic) bond motifs is 6. The van der Waals surface area contributed by atoms with Crippen LogP contribution in [0.1, 0.15) is 60.0 Å². The molecule has 0 aliphatic heterocycles. The van der Waals surface area contributed by atoms with Crippen LogP contribution in [0.4, 0.5) is 0 Å². The van der Waals surface area contributed by atoms with Crippen LogP contribution in [-0.2, 0) is 11.2 Å². The van der Waals surface area contributed by atoms with E-state index in [1.807, 2.05) is 12.4 Å². The maximum Gasteiger partial charge on any atom is 0.337 e. The van der Waals surface area contributed by atoms with Crippen LogP contribution >= 0.6 is 0 Å². The Labute approximate surface area is 182 Å². The number of esters is 1. The molecule has 0 unspecified atom stereocenters. The van der Waals surface area contributed by atoms with E-state index in [2.05, 4.69) is 58.9 Å². The Morgan fingerprint density at radius 3 is 2.94 bits per heavy atom. The van der Waals surface area contributed by atoms with Gasteiger partial charge in [0.15, 0.2) is 0 Å². The fraction of sp³-hybridized carbons (Fsp3) is 0.407. The van der Waals surface area contributed by atoms with E-state index >= 15 is 0 Å². The summed E-state index contributed by atoms with van der Waals surface area (Å²) in [6, 6.07) is 14.7. The van der Waals surface area contributed by atoms with Gasteiger partial charge in [0.2, 0.25) is 0 Å². The lowest BCUT2D eigenvalue weighted by atomic mass is 9.55. The van der Waals surface area contributed by atoms with Crippen molar-refractivity contribution in [2.24, 2.45) is 17.3 Å². The Morgan fingerprint density at radius 1 is 1.19 bits per heavy atom. The Hall–Kier alpha value is -2.88. The average molecular weight is 413 g/mol. The van der Waals surface area contributed by atoms with Crippen molar-refractivity contribution >= 4 is 22.7 Å². The summed E-state index contributed by atoms with van der Waals surface area (Å²) in [7, 11) is 1.45. The monoisotopic (exact) mass is 412 g/mol. The van der Waals surface area contributed by atoms with Crippen LogP contribution in [0.25, 0.3) is 16.7 Å². The summed E-state index contributed by atoms with van der Waals surface area (Å²) in [5, 5.41) is 0. The Balaban J connectivity index is 1.33. The van der Waals surface area contributed by atoms with E-state index in [9.17, 15) is 4.79 Å². The van der Waals surface area contributed by atoms with Crippen molar-refractivity contribution < 1.29 is 9.53 Å². The van der Waals surface area contributed by atoms with Gasteiger partial charge in [0, 0.05) is 11.1 Å². The van der Waals surface area contributed by atoms with Crippen LogP contribution in [-0.4, -0.2) is 22.6 Å². The fourth-order valence-corrected chi connectivity index (χ4v) is 6.90. The molecule has 0 N–H and O–H groups in total. The van der Waals surface area contributed by atoms with Crippen LogP contribution in [0.5, 0.6) is 0 Å². The number of aryl methyl sites for hydroxylation is 1. The van der Waals surface area contributed by atoms with E-state index < -0.39 is 0 Å². The molecule has 1 saturated carbocycles. The molecule has 158 valence electrons. The number of nitrogens with zero attached hydrogens (tertiary/aromatic N) is 2. The van der Waals surface area contributed by atoms with Crippen molar-refractivity contribution in [3.8, 4) is 0 Å². The van der Waals surface area contributed by atoms with Gasteiger partial charge in [-0.2, -0.15) is 0 Å². The number of methoxy groups -OCH3 is 1. The molecule has 1 heterocycles. The highest BCUT2D eigenvalue weighted by Crippen LogP contribution is 2.62. The molecule has 6 rings (SSSR count). The number of rotatable bonds is 2. The average Bonchev–Trinajstić information content (AvgIpc) is 3.38. The largest absolute Gasteiger partial charge is 0.465 e. The van der Waals surface area contributed by atoms with Crippen LogP contribution in [0.2, 0.25) is 0 Å². The Kier molecular flexibility index (Phi) is 4.14. The number of hydrogen-bond acceptors (Lipinski definition) is 3. The van der Waals surface area contributed by atoms with E-state index in [0.29, 0.717) is 23.3 Å². The molecule has 0 amide bonds. The Morgan fingerprint density at radius 2 is 2.06 bits per heavy atom. The minimum absolute atomic E-state index is 0.189. The number of allylic oxidation sites excluding steroid dienone is 2. The van der Waals surface area contributed by atoms with Crippen molar-refractivity contribution in [2.45, 2.75) is 44.9 Å². The van der Waals surface area contributed by atoms with Gasteiger partial charge in [-0.05, 0) is 85.3 Å². The third-order valence-electron chi connectivity index (χ3n) is 8.40. The van der Waals surface area contributed by atoms with Crippen molar-refractivity contribution in [2.75, 3.05) is 7.11 Å². The summed E-state index contributed by atoms with van der Waals surface area (Å²) >= 11 is 0. The first-order valence-corrected chi connectivity index (χ1v) is 11.4. The third-order valence-corrected chi connectivity index (χ3v) is 8.40. The first-order valence-electron chi connectivity index (χ1n) is 11.4. The van der Waals surface area contributed by atoms with Gasteiger partial charge in [0.25, 0.3) is 0 Å². The lowest BCUT2D eigenvalue weighted by molar-refractivity contribution is 0.0600. The second-order valence-corrected chi connectivity index (χ2v) is 9.71. The summed E-state index contributed by atoms with van der Waals surface area (Å²) in [4.78, 5) is 16.6. The van der Waals surface area contributed by atoms with Gasteiger partial charge in [0.1, 0.15) is 6.33 Å². The zero-order chi connectivity index (χ0) is 21.2. The second kappa shape index (κ2) is 6.81. The number of aromatic nitrogens is 2. The summed E-state index contributed by atoms with van der Waals surface area (Å²) in [6.07, 6.45) is 10.3. The maximum absolute atomic E-state index is 12.0. The second-order valence-electron chi connectivity index (χ2n) is 9.71. The summed E-state index contributed by atoms with van der Waals surface area (Å²) < 4.78 is 7.27. The van der Waals surface area contributed by atoms with E-state index in [1.165, 1.54) is 48.7 Å². The predicted molar refractivity (Wildman–Crippen MR) is 122 cm³/mol. The number of benzene rings is 2. The molecule has 3 aromatic rings. The highest BCUT2D eigenvalue weighted by Gasteiger charge is 2.52. The summed E-state index contributed by atoms with van der Waals surface area (Å²) in [5.41, 5.74) is 7.40. The molecule has 2 aromatic carbocycles. The molecule has 4 heteroatoms. The minimum Gasteiger partial charge on any atom is -0.465 e. The SMILES string of the molecule is COC(=O)c1ccc2c(c1)CC[C@@H]1[C@@H]2CC[C@]2(C)C(n3cnc4ccccc43)=CC[C@@H]12. The minimum atomic E-state index is -0.238. The lowest BCUT2D eigenvalue weighted by Crippen LogP contribution is -2.41. The molecule has 0 saturated heterocycles. The lowest BCUT2D eigenvalue weighted by Gasteiger charge is -2.50. The highest BCUT2D eigenvalue weighted by molar-refractivity contribution is 5.89. The van der Waals surface area contributed by atoms with Crippen LogP contribution in [0.15, 0.2) is 54.9 Å². The molecule has 0 bridgehead atoms. The molecule has 0 spiro atoms. The first kappa shape index (κ1) is 18.9. The molecule has 1 aromatic heterocycles. The van der Waals surface area contributed by atoms with Gasteiger partial charge < -0.3 is 9.30 Å². The van der Waals surface area contributed by atoms with Crippen molar-refractivity contribution in [3.05, 3.63) is 71.6 Å². The van der Waals surface area contributed by atoms with Crippen molar-refractivity contribution in [1.82, 2.24) is 9.55 Å². The number of para-hydroxylation sites is 2. The zero-order valence-electron chi connectivity index (χ0n) is 18.2. The fourth-order valence-electron chi connectivity index (χ4n) is 6.90. The quantitative estimate of drug-likeness (QED) is 0.498. The van der Waals surface area contributed by atoms with Crippen LogP contribution in [0.3, 0.4) is 0 Å². The van der Waals surface area contributed by atoms with E-state index in [1.54, 1.807) is 0 Å². The maximum atomic E-state index is 12.0. The van der Waals surface area contributed by atoms with Crippen LogP contribution < -0.4 is 0 Å². The zero-order valence-corrected chi connectivity index (χ0v) is 18.2. The number of ether oxygens (including phenoxy) is 1. The number of carbonyl (C=O) groups is 1. The van der Waals surface area contributed by atoms with Gasteiger partial charge in [-0.25, -0.2) is 9.78 Å². The smallest absolute Gasteiger partial charge is 0.337 e. The first-order chi connectivity index (χ1) is 15.1. The molecule has 3 aliphatic rings. The van der Waals surface area contributed by atoms with Gasteiger partial charge >= 0.3 is 5.97 Å². The molecule has 3 aliphatic carbocycles. The Bertz CT molecular complexity index is 1220. The standard InChI is InChI=1S/C27H28N2O2/c1-27-14-13-20-19-9-8-18(26(30)31-2)15-17(19)7-10-21(20)22(27)11-12-25(27)29-16-28-23-5-3-4-6-24(23)29/h3-6,8-9,12,15-16,20-22H,7,10-11,13-14H2,1-2H3/t20-,21-,22+,27+/m1/s1. The normalized spacial score (nSPS) is 29.1. The van der Waals surface area contributed by atoms with E-state index in [4.69, 9.17) is 4.74 Å². The van der Waals surface area contributed by atoms with E-state index in [0.717, 1.165) is 18.4 Å². The number of imidazole rings is 1. The van der Waals surface area contributed by atoms with Gasteiger partial charge in [-0.3, -0.25) is 0 Å². The number of carbonyl (C=O) groups excluding carboxylic acids is 1. The molecular formula is C27H28N2O2. The molecule has 1 fully saturated rings. The summed E-state index contributed by atoms with van der Waals surface area (Å²) in [6.45, 7) is 2.48. The van der Waals surface area contributed by atoms with Crippen molar-refractivity contribution in [1.29, 1.82) is 0 Å². The molecular weight excluding hydrogens is 384 g/mol. The van der Waals surface area contributed by atoms with Crippen molar-refractivity contribution in [3.63, 3.8) is 0 Å². The summed E-state index contributed by atoms with van der Waals surface area (Å²) in [5.74, 6) is 1.72. The topological polar surface area (TPSA) is 44.1 Å². The number of hydrogen-bond donors (Lipinski definition) is 0. The van der Waals surface area contributed by atoms with Crippen LogP contribution in [0, 0.1) is 17.3 Å². The van der Waals surface area contributed by atoms with E-state index in [-0.39, 0.29) is 11.4 Å². The van der Waals surface area contributed by atoms with Gasteiger partial charge in [-0.1, -0.05) is 31.2 Å². The molecule has 31 heavy (non-hydrogen) atoms. The molecule has 4 atom stereocenters. The van der Waals surface area contributed by atoms with Gasteiger partial charge in [0.05, 0.1) is 23.7 Å². The van der Waals surface area contributed by atoms with Gasteiger partial charge in [-0.15, -0.1) is 0 Å². The highest BCUT2D eigenvalue weighted by atomic mass is 16.5.